The molecule has 0 aliphatic heterocycles. The van der Waals surface area contributed by atoms with E-state index >= 15 is 0 Å². The van der Waals surface area contributed by atoms with Gasteiger partial charge in [-0.3, -0.25) is 0 Å². The molecule has 18 heavy (non-hydrogen) atoms. The van der Waals surface area contributed by atoms with Crippen molar-refractivity contribution < 1.29 is 8.78 Å². The second-order valence-corrected chi connectivity index (χ2v) is 5.49. The predicted octanol–water partition coefficient (Wildman–Crippen LogP) is 3.39. The van der Waals surface area contributed by atoms with Crippen molar-refractivity contribution >= 4 is 0 Å². The number of aryl methyl sites for hydroxylation is 1. The first-order valence-electron chi connectivity index (χ1n) is 6.76. The summed E-state index contributed by atoms with van der Waals surface area (Å²) in [6, 6.07) is 0. The highest BCUT2D eigenvalue weighted by atomic mass is 19.3. The van der Waals surface area contributed by atoms with Crippen LogP contribution in [0.15, 0.2) is 0 Å². The fourth-order valence-electron chi connectivity index (χ4n) is 2.74. The van der Waals surface area contributed by atoms with Crippen LogP contribution >= 0.6 is 0 Å². The van der Waals surface area contributed by atoms with Gasteiger partial charge in [0, 0.05) is 13.0 Å². The van der Waals surface area contributed by atoms with E-state index < -0.39 is 5.92 Å². The van der Waals surface area contributed by atoms with Crippen LogP contribution in [0.4, 0.5) is 8.78 Å². The molecule has 0 N–H and O–H groups in total. The summed E-state index contributed by atoms with van der Waals surface area (Å²) in [5.41, 5.74) is 0.541. The number of nitrogens with zero attached hydrogens (tertiary/aromatic N) is 3. The Morgan fingerprint density at radius 3 is 2.72 bits per heavy atom. The van der Waals surface area contributed by atoms with Gasteiger partial charge in [0.15, 0.2) is 5.69 Å². The average Bonchev–Trinajstić information content (AvgIpc) is 2.69. The minimum Gasteiger partial charge on any atom is -0.249 e. The number of halogens is 2. The van der Waals surface area contributed by atoms with E-state index in [0.717, 1.165) is 6.42 Å². The molecule has 1 heterocycles. The van der Waals surface area contributed by atoms with Gasteiger partial charge >= 0.3 is 0 Å². The monoisotopic (exact) mass is 257 g/mol. The zero-order valence-corrected chi connectivity index (χ0v) is 11.3. The van der Waals surface area contributed by atoms with Crippen LogP contribution in [0, 0.1) is 11.8 Å². The number of hydrogen-bond acceptors (Lipinski definition) is 2. The lowest BCUT2D eigenvalue weighted by Crippen LogP contribution is -2.24. The van der Waals surface area contributed by atoms with Gasteiger partial charge in [0.2, 0.25) is 0 Å². The topological polar surface area (TPSA) is 30.7 Å². The largest absolute Gasteiger partial charge is 0.293 e. The van der Waals surface area contributed by atoms with E-state index in [-0.39, 0.29) is 12.1 Å². The first kappa shape index (κ1) is 13.4. The Morgan fingerprint density at radius 1 is 1.39 bits per heavy atom. The van der Waals surface area contributed by atoms with Gasteiger partial charge in [-0.05, 0) is 38.0 Å². The summed E-state index contributed by atoms with van der Waals surface area (Å²) in [5.74, 6) is -2.01. The van der Waals surface area contributed by atoms with Gasteiger partial charge in [0.1, 0.15) is 0 Å². The van der Waals surface area contributed by atoms with Crippen molar-refractivity contribution in [1.29, 1.82) is 0 Å². The zero-order chi connectivity index (χ0) is 13.3. The highest BCUT2D eigenvalue weighted by molar-refractivity contribution is 5.17. The molecular formula is C13H21F2N3. The van der Waals surface area contributed by atoms with Crippen molar-refractivity contribution in [3.8, 4) is 0 Å². The molecular weight excluding hydrogens is 236 g/mol. The molecule has 1 aliphatic rings. The molecule has 1 unspecified atom stereocenters. The molecule has 0 radical (unpaired) electrons. The van der Waals surface area contributed by atoms with E-state index in [0.29, 0.717) is 36.9 Å². The molecule has 0 spiro atoms. The van der Waals surface area contributed by atoms with Gasteiger partial charge in [-0.15, -0.1) is 5.10 Å². The van der Waals surface area contributed by atoms with E-state index in [9.17, 15) is 8.78 Å². The van der Waals surface area contributed by atoms with Crippen molar-refractivity contribution in [3.05, 3.63) is 11.4 Å². The minimum absolute atomic E-state index is 0.0912. The molecule has 5 heteroatoms. The van der Waals surface area contributed by atoms with Crippen LogP contribution in [0.2, 0.25) is 0 Å². The van der Waals surface area contributed by atoms with Crippen LogP contribution in [0.25, 0.3) is 0 Å². The lowest BCUT2D eigenvalue weighted by molar-refractivity contribution is -0.0288. The number of fused-ring (bicyclic) bond motifs is 1. The van der Waals surface area contributed by atoms with Crippen LogP contribution in [-0.2, 0) is 18.9 Å². The SMILES string of the molecule is CCn1nnc2c1CCC(C(C)C)CCC2(F)F. The molecule has 1 aromatic rings. The maximum absolute atomic E-state index is 14.1. The van der Waals surface area contributed by atoms with Gasteiger partial charge in [-0.2, -0.15) is 8.78 Å². The molecule has 0 fully saturated rings. The van der Waals surface area contributed by atoms with E-state index in [1.54, 1.807) is 4.68 Å². The summed E-state index contributed by atoms with van der Waals surface area (Å²) in [7, 11) is 0. The number of aromatic nitrogens is 3. The Balaban J connectivity index is 2.33. The molecule has 3 nitrogen and oxygen atoms in total. The van der Waals surface area contributed by atoms with Crippen molar-refractivity contribution in [2.45, 2.75) is 58.9 Å². The second-order valence-electron chi connectivity index (χ2n) is 5.49. The Labute approximate surface area is 107 Å². The number of alkyl halides is 2. The van der Waals surface area contributed by atoms with Crippen LogP contribution in [0.5, 0.6) is 0 Å². The first-order chi connectivity index (χ1) is 8.45. The predicted molar refractivity (Wildman–Crippen MR) is 65.5 cm³/mol. The second kappa shape index (κ2) is 4.94. The fraction of sp³-hybridized carbons (Fsp3) is 0.846. The summed E-state index contributed by atoms with van der Waals surface area (Å²) in [4.78, 5) is 0. The zero-order valence-electron chi connectivity index (χ0n) is 11.3. The Hall–Kier alpha value is -1.00. The molecule has 0 saturated carbocycles. The Kier molecular flexibility index (Phi) is 3.69. The van der Waals surface area contributed by atoms with Crippen LogP contribution < -0.4 is 0 Å². The van der Waals surface area contributed by atoms with Gasteiger partial charge < -0.3 is 0 Å². The van der Waals surface area contributed by atoms with Crippen molar-refractivity contribution in [2.24, 2.45) is 11.8 Å². The van der Waals surface area contributed by atoms with Crippen molar-refractivity contribution in [3.63, 3.8) is 0 Å². The van der Waals surface area contributed by atoms with Crippen molar-refractivity contribution in [1.82, 2.24) is 15.0 Å². The summed E-state index contributed by atoms with van der Waals surface area (Å²) < 4.78 is 29.8. The summed E-state index contributed by atoms with van der Waals surface area (Å²) in [6.07, 6.45) is 2.08. The lowest BCUT2D eigenvalue weighted by atomic mass is 9.83. The fourth-order valence-corrected chi connectivity index (χ4v) is 2.74. The van der Waals surface area contributed by atoms with Crippen molar-refractivity contribution in [2.75, 3.05) is 0 Å². The van der Waals surface area contributed by atoms with Crippen LogP contribution in [0.3, 0.4) is 0 Å². The number of hydrogen-bond donors (Lipinski definition) is 0. The highest BCUT2D eigenvalue weighted by Gasteiger charge is 2.40. The molecule has 102 valence electrons. The minimum atomic E-state index is -2.82. The summed E-state index contributed by atoms with van der Waals surface area (Å²) in [6.45, 7) is 6.73. The summed E-state index contributed by atoms with van der Waals surface area (Å²) >= 11 is 0. The molecule has 0 saturated heterocycles. The third kappa shape index (κ3) is 2.40. The van der Waals surface area contributed by atoms with Crippen LogP contribution in [0.1, 0.15) is 51.4 Å². The van der Waals surface area contributed by atoms with E-state index in [4.69, 9.17) is 0 Å². The van der Waals surface area contributed by atoms with E-state index in [1.807, 2.05) is 6.92 Å². The molecule has 0 amide bonds. The van der Waals surface area contributed by atoms with Gasteiger partial charge in [-0.25, -0.2) is 4.68 Å². The smallest absolute Gasteiger partial charge is 0.249 e. The molecule has 2 rings (SSSR count). The summed E-state index contributed by atoms with van der Waals surface area (Å²) in [5, 5.41) is 7.57. The maximum Gasteiger partial charge on any atom is 0.293 e. The third-order valence-electron chi connectivity index (χ3n) is 4.01. The average molecular weight is 257 g/mol. The first-order valence-corrected chi connectivity index (χ1v) is 6.76. The lowest BCUT2D eigenvalue weighted by Gasteiger charge is -2.26. The Bertz CT molecular complexity index is 412. The van der Waals surface area contributed by atoms with Gasteiger partial charge in [0.25, 0.3) is 5.92 Å². The van der Waals surface area contributed by atoms with Gasteiger partial charge in [-0.1, -0.05) is 19.1 Å². The van der Waals surface area contributed by atoms with E-state index in [2.05, 4.69) is 24.2 Å². The van der Waals surface area contributed by atoms with Gasteiger partial charge in [0.05, 0.1) is 5.69 Å². The standard InChI is InChI=1S/C13H21F2N3/c1-4-18-11-6-5-10(9(2)3)7-8-13(14,15)12(11)16-17-18/h9-10H,4-8H2,1-3H3. The van der Waals surface area contributed by atoms with Crippen LogP contribution in [-0.4, -0.2) is 15.0 Å². The molecule has 0 bridgehead atoms. The Morgan fingerprint density at radius 2 is 2.11 bits per heavy atom. The molecule has 0 aromatic carbocycles. The molecule has 1 atom stereocenters. The van der Waals surface area contributed by atoms with E-state index in [1.165, 1.54) is 0 Å². The third-order valence-corrected chi connectivity index (χ3v) is 4.01. The normalized spacial score (nSPS) is 23.6. The molecule has 1 aromatic heterocycles. The quantitative estimate of drug-likeness (QED) is 0.813. The number of rotatable bonds is 2. The maximum atomic E-state index is 14.1. The highest BCUT2D eigenvalue weighted by Crippen LogP contribution is 2.39. The molecule has 1 aliphatic carbocycles.